The lowest BCUT2D eigenvalue weighted by Gasteiger charge is -2.34. The second kappa shape index (κ2) is 6.81. The Morgan fingerprint density at radius 2 is 1.96 bits per heavy atom. The van der Waals surface area contributed by atoms with Crippen LogP contribution in [0.15, 0.2) is 30.3 Å². The van der Waals surface area contributed by atoms with Crippen molar-refractivity contribution < 1.29 is 14.3 Å². The highest BCUT2D eigenvalue weighted by molar-refractivity contribution is 14.1. The number of benzene rings is 1. The summed E-state index contributed by atoms with van der Waals surface area (Å²) in [6, 6.07) is 8.08. The van der Waals surface area contributed by atoms with Gasteiger partial charge in [-0.1, -0.05) is 24.3 Å². The molecule has 1 fully saturated rings. The smallest absolute Gasteiger partial charge is 0.413 e. The van der Waals surface area contributed by atoms with Crippen molar-refractivity contribution in [2.24, 2.45) is 0 Å². The number of ether oxygens (including phenoxy) is 2. The lowest BCUT2D eigenvalue weighted by Crippen LogP contribution is -2.49. The van der Waals surface area contributed by atoms with Crippen LogP contribution in [0.5, 0.6) is 0 Å². The average Bonchev–Trinajstić information content (AvgIpc) is 2.71. The quantitative estimate of drug-likeness (QED) is 0.642. The first-order chi connectivity index (χ1) is 10.6. The predicted molar refractivity (Wildman–Crippen MR) is 100 cm³/mol. The summed E-state index contributed by atoms with van der Waals surface area (Å²) in [6.07, 6.45) is 3.67. The molecule has 0 aliphatic carbocycles. The van der Waals surface area contributed by atoms with Crippen LogP contribution in [0.25, 0.3) is 6.08 Å². The third-order valence-electron chi connectivity index (χ3n) is 3.49. The number of carbonyl (C=O) groups excluding carboxylic acids is 1. The Kier molecular flexibility index (Phi) is 5.41. The summed E-state index contributed by atoms with van der Waals surface area (Å²) in [5, 5.41) is 0. The molecule has 0 aromatic heterocycles. The van der Waals surface area contributed by atoms with E-state index in [1.54, 1.807) is 4.90 Å². The summed E-state index contributed by atoms with van der Waals surface area (Å²) in [4.78, 5) is 14.2. The first kappa shape index (κ1) is 18.3. The standard InChI is InChI=1S/C18H24INO3/c1-17(2,3)23-16(21)20-15(12-22-18(20,4)5)11-8-13-6-9-14(19)10-7-13/h6-11,15H,12H2,1-5H3. The molecule has 1 aromatic rings. The summed E-state index contributed by atoms with van der Waals surface area (Å²) in [5.41, 5.74) is -0.108. The van der Waals surface area contributed by atoms with E-state index in [2.05, 4.69) is 46.9 Å². The van der Waals surface area contributed by atoms with Crippen molar-refractivity contribution >= 4 is 34.8 Å². The van der Waals surface area contributed by atoms with Gasteiger partial charge >= 0.3 is 6.09 Å². The fourth-order valence-corrected chi connectivity index (χ4v) is 2.80. The molecule has 1 aliphatic heterocycles. The Labute approximate surface area is 152 Å². The number of halogens is 1. The Morgan fingerprint density at radius 1 is 1.35 bits per heavy atom. The van der Waals surface area contributed by atoms with Gasteiger partial charge < -0.3 is 9.47 Å². The van der Waals surface area contributed by atoms with Crippen LogP contribution in [0.1, 0.15) is 40.2 Å². The number of hydrogen-bond donors (Lipinski definition) is 0. The first-order valence-electron chi connectivity index (χ1n) is 7.68. The average molecular weight is 429 g/mol. The number of hydrogen-bond acceptors (Lipinski definition) is 3. The molecule has 23 heavy (non-hydrogen) atoms. The predicted octanol–water partition coefficient (Wildman–Crippen LogP) is 4.68. The Hall–Kier alpha value is -1.08. The molecule has 1 amide bonds. The van der Waals surface area contributed by atoms with Crippen molar-refractivity contribution in [3.63, 3.8) is 0 Å². The molecule has 0 N–H and O–H groups in total. The zero-order valence-corrected chi connectivity index (χ0v) is 16.5. The molecule has 1 saturated heterocycles. The summed E-state index contributed by atoms with van der Waals surface area (Å²) >= 11 is 2.28. The molecule has 4 nitrogen and oxygen atoms in total. The van der Waals surface area contributed by atoms with E-state index in [1.807, 2.05) is 46.8 Å². The fourth-order valence-electron chi connectivity index (χ4n) is 2.44. The van der Waals surface area contributed by atoms with E-state index in [1.165, 1.54) is 3.57 Å². The van der Waals surface area contributed by atoms with Gasteiger partial charge in [-0.2, -0.15) is 0 Å². The van der Waals surface area contributed by atoms with E-state index in [9.17, 15) is 4.79 Å². The lowest BCUT2D eigenvalue weighted by atomic mass is 10.1. The van der Waals surface area contributed by atoms with Gasteiger partial charge in [0.15, 0.2) is 0 Å². The second-order valence-corrected chi connectivity index (χ2v) is 8.33. The van der Waals surface area contributed by atoms with E-state index in [0.717, 1.165) is 5.56 Å². The van der Waals surface area contributed by atoms with Gasteiger partial charge in [0.05, 0.1) is 12.6 Å². The zero-order valence-electron chi connectivity index (χ0n) is 14.3. The maximum atomic E-state index is 12.5. The van der Waals surface area contributed by atoms with Crippen LogP contribution in [-0.4, -0.2) is 35.0 Å². The fraction of sp³-hybridized carbons (Fsp3) is 0.500. The Balaban J connectivity index is 2.16. The normalized spacial score (nSPS) is 21.0. The minimum atomic E-state index is -0.677. The van der Waals surface area contributed by atoms with Crippen molar-refractivity contribution in [1.29, 1.82) is 0 Å². The van der Waals surface area contributed by atoms with E-state index in [-0.39, 0.29) is 12.1 Å². The van der Waals surface area contributed by atoms with Gasteiger partial charge in [0.25, 0.3) is 0 Å². The van der Waals surface area contributed by atoms with Gasteiger partial charge in [-0.05, 0) is 74.9 Å². The van der Waals surface area contributed by atoms with Crippen molar-refractivity contribution in [2.45, 2.75) is 52.0 Å². The lowest BCUT2D eigenvalue weighted by molar-refractivity contribution is -0.0610. The minimum Gasteiger partial charge on any atom is -0.444 e. The molecule has 0 radical (unpaired) electrons. The Morgan fingerprint density at radius 3 is 2.52 bits per heavy atom. The maximum absolute atomic E-state index is 12.5. The summed E-state index contributed by atoms with van der Waals surface area (Å²) in [5.74, 6) is 0. The van der Waals surface area contributed by atoms with E-state index >= 15 is 0 Å². The SMILES string of the molecule is CC(C)(C)OC(=O)N1C(C=Cc2ccc(I)cc2)COC1(C)C. The molecule has 5 heteroatoms. The van der Waals surface area contributed by atoms with Gasteiger partial charge in [0, 0.05) is 3.57 Å². The number of rotatable bonds is 2. The molecule has 1 unspecified atom stereocenters. The molecule has 0 bridgehead atoms. The highest BCUT2D eigenvalue weighted by Crippen LogP contribution is 2.30. The monoisotopic (exact) mass is 429 g/mol. The van der Waals surface area contributed by atoms with E-state index < -0.39 is 11.3 Å². The van der Waals surface area contributed by atoms with Crippen LogP contribution < -0.4 is 0 Å². The topological polar surface area (TPSA) is 38.8 Å². The van der Waals surface area contributed by atoms with Crippen molar-refractivity contribution in [3.8, 4) is 0 Å². The van der Waals surface area contributed by atoms with Crippen LogP contribution in [0.4, 0.5) is 4.79 Å². The maximum Gasteiger partial charge on any atom is 0.413 e. The number of nitrogens with zero attached hydrogens (tertiary/aromatic N) is 1. The largest absolute Gasteiger partial charge is 0.444 e. The second-order valence-electron chi connectivity index (χ2n) is 7.09. The Bertz CT molecular complexity index is 587. The molecule has 126 valence electrons. The van der Waals surface area contributed by atoms with Crippen molar-refractivity contribution in [2.75, 3.05) is 6.61 Å². The molecule has 1 aliphatic rings. The third-order valence-corrected chi connectivity index (χ3v) is 4.21. The van der Waals surface area contributed by atoms with E-state index in [4.69, 9.17) is 9.47 Å². The molecule has 0 saturated carbocycles. The van der Waals surface area contributed by atoms with Gasteiger partial charge in [-0.15, -0.1) is 0 Å². The van der Waals surface area contributed by atoms with E-state index in [0.29, 0.717) is 6.61 Å². The number of amides is 1. The van der Waals surface area contributed by atoms with Crippen LogP contribution in [0, 0.1) is 3.57 Å². The summed E-state index contributed by atoms with van der Waals surface area (Å²) in [7, 11) is 0. The molecule has 0 spiro atoms. The summed E-state index contributed by atoms with van der Waals surface area (Å²) < 4.78 is 12.5. The van der Waals surface area contributed by atoms with Gasteiger partial charge in [-0.25, -0.2) is 4.79 Å². The third kappa shape index (κ3) is 4.94. The molecule has 1 heterocycles. The highest BCUT2D eigenvalue weighted by atomic mass is 127. The van der Waals surface area contributed by atoms with Crippen LogP contribution in [0.2, 0.25) is 0 Å². The molecule has 2 rings (SSSR count). The molecule has 1 atom stereocenters. The molecular weight excluding hydrogens is 405 g/mol. The van der Waals surface area contributed by atoms with Crippen molar-refractivity contribution in [1.82, 2.24) is 4.90 Å². The highest BCUT2D eigenvalue weighted by Gasteiger charge is 2.44. The van der Waals surface area contributed by atoms with Crippen LogP contribution in [0.3, 0.4) is 0 Å². The first-order valence-corrected chi connectivity index (χ1v) is 8.76. The number of carbonyl (C=O) groups is 1. The van der Waals surface area contributed by atoms with Gasteiger partial charge in [-0.3, -0.25) is 4.90 Å². The van der Waals surface area contributed by atoms with Gasteiger partial charge in [0.1, 0.15) is 11.3 Å². The zero-order chi connectivity index (χ0) is 17.3. The van der Waals surface area contributed by atoms with Crippen LogP contribution in [-0.2, 0) is 9.47 Å². The van der Waals surface area contributed by atoms with Gasteiger partial charge in [0.2, 0.25) is 0 Å². The minimum absolute atomic E-state index is 0.140. The molecule has 1 aromatic carbocycles. The summed E-state index contributed by atoms with van der Waals surface area (Å²) in [6.45, 7) is 9.83. The van der Waals surface area contributed by atoms with Crippen LogP contribution >= 0.6 is 22.6 Å². The molecular formula is C18H24INO3. The van der Waals surface area contributed by atoms with Crippen molar-refractivity contribution in [3.05, 3.63) is 39.5 Å².